The summed E-state index contributed by atoms with van der Waals surface area (Å²) in [6.45, 7) is 0.398. The third kappa shape index (κ3) is 3.49. The minimum Gasteiger partial charge on any atom is -0.495 e. The fraction of sp³-hybridized carbons (Fsp3) is 0.200. The van der Waals surface area contributed by atoms with Crippen LogP contribution in [0.15, 0.2) is 46.9 Å². The maximum Gasteiger partial charge on any atom is 0.138 e. The second kappa shape index (κ2) is 6.59. The molecule has 1 N–H and O–H groups in total. The minimum atomic E-state index is -0.0929. The van der Waals surface area contributed by atoms with Gasteiger partial charge in [0, 0.05) is 5.56 Å². The Kier molecular flexibility index (Phi) is 4.82. The summed E-state index contributed by atoms with van der Waals surface area (Å²) < 4.78 is 11.7. The van der Waals surface area contributed by atoms with Crippen molar-refractivity contribution in [1.82, 2.24) is 0 Å². The molecular formula is C15H15BrO3. The molecule has 0 radical (unpaired) electrons. The summed E-state index contributed by atoms with van der Waals surface area (Å²) in [5, 5.41) is 9.33. The molecule has 0 aliphatic heterocycles. The molecule has 0 atom stereocenters. The molecule has 100 valence electrons. The highest BCUT2D eigenvalue weighted by Gasteiger charge is 2.10. The second-order valence-electron chi connectivity index (χ2n) is 4.03. The van der Waals surface area contributed by atoms with E-state index in [9.17, 15) is 5.11 Å². The van der Waals surface area contributed by atoms with Crippen molar-refractivity contribution >= 4 is 15.9 Å². The molecule has 0 amide bonds. The van der Waals surface area contributed by atoms with Gasteiger partial charge in [0.15, 0.2) is 0 Å². The van der Waals surface area contributed by atoms with Crippen molar-refractivity contribution in [2.24, 2.45) is 0 Å². The normalized spacial score (nSPS) is 10.3. The van der Waals surface area contributed by atoms with E-state index in [1.165, 1.54) is 0 Å². The maximum absolute atomic E-state index is 9.33. The van der Waals surface area contributed by atoms with Crippen LogP contribution in [0.4, 0.5) is 0 Å². The molecule has 0 heterocycles. The molecule has 4 heteroatoms. The summed E-state index contributed by atoms with van der Waals surface area (Å²) in [7, 11) is 1.57. The second-order valence-corrected chi connectivity index (χ2v) is 4.88. The van der Waals surface area contributed by atoms with Crippen LogP contribution in [0.1, 0.15) is 11.1 Å². The number of ether oxygens (including phenoxy) is 2. The summed E-state index contributed by atoms with van der Waals surface area (Å²) in [6, 6.07) is 13.5. The number of methoxy groups -OCH3 is 1. The van der Waals surface area contributed by atoms with E-state index in [0.29, 0.717) is 23.7 Å². The van der Waals surface area contributed by atoms with Gasteiger partial charge in [0.05, 0.1) is 18.2 Å². The molecule has 0 saturated carbocycles. The van der Waals surface area contributed by atoms with Crippen LogP contribution in [-0.4, -0.2) is 12.2 Å². The van der Waals surface area contributed by atoms with Gasteiger partial charge in [0.25, 0.3) is 0 Å². The molecule has 0 bridgehead atoms. The van der Waals surface area contributed by atoms with E-state index < -0.39 is 0 Å². The van der Waals surface area contributed by atoms with Gasteiger partial charge in [-0.15, -0.1) is 0 Å². The predicted octanol–water partition coefficient (Wildman–Crippen LogP) is 3.53. The standard InChI is InChI=1S/C15H15BrO3/c1-18-15-12(9-17)7-13(8-14(15)16)19-10-11-5-3-2-4-6-11/h2-8,17H,9-10H2,1H3. The molecule has 0 fully saturated rings. The van der Waals surface area contributed by atoms with Gasteiger partial charge in [-0.2, -0.15) is 0 Å². The highest BCUT2D eigenvalue weighted by Crippen LogP contribution is 2.33. The van der Waals surface area contributed by atoms with Gasteiger partial charge in [-0.3, -0.25) is 0 Å². The van der Waals surface area contributed by atoms with Crippen LogP contribution in [0, 0.1) is 0 Å². The Hall–Kier alpha value is -1.52. The number of hydrogen-bond donors (Lipinski definition) is 1. The van der Waals surface area contributed by atoms with Crippen LogP contribution in [0.2, 0.25) is 0 Å². The molecular weight excluding hydrogens is 308 g/mol. The summed E-state index contributed by atoms with van der Waals surface area (Å²) in [5.74, 6) is 1.33. The molecule has 2 rings (SSSR count). The maximum atomic E-state index is 9.33. The Morgan fingerprint density at radius 3 is 2.53 bits per heavy atom. The Balaban J connectivity index is 2.15. The van der Waals surface area contributed by atoms with Gasteiger partial charge in [-0.25, -0.2) is 0 Å². The Bertz CT molecular complexity index is 541. The average Bonchev–Trinajstić information content (AvgIpc) is 2.45. The number of aliphatic hydroxyl groups excluding tert-OH is 1. The van der Waals surface area contributed by atoms with E-state index in [2.05, 4.69) is 15.9 Å². The molecule has 0 aromatic heterocycles. The monoisotopic (exact) mass is 322 g/mol. The zero-order valence-corrected chi connectivity index (χ0v) is 12.2. The molecule has 0 saturated heterocycles. The highest BCUT2D eigenvalue weighted by molar-refractivity contribution is 9.10. The van der Waals surface area contributed by atoms with Gasteiger partial charge >= 0.3 is 0 Å². The summed E-state index contributed by atoms with van der Waals surface area (Å²) in [6.07, 6.45) is 0. The minimum absolute atomic E-state index is 0.0929. The fourth-order valence-corrected chi connectivity index (χ4v) is 2.44. The Morgan fingerprint density at radius 1 is 1.16 bits per heavy atom. The van der Waals surface area contributed by atoms with Crippen molar-refractivity contribution in [2.75, 3.05) is 7.11 Å². The van der Waals surface area contributed by atoms with E-state index in [1.807, 2.05) is 36.4 Å². The van der Waals surface area contributed by atoms with E-state index in [4.69, 9.17) is 9.47 Å². The lowest BCUT2D eigenvalue weighted by Gasteiger charge is -2.12. The van der Waals surface area contributed by atoms with Crippen LogP contribution in [0.5, 0.6) is 11.5 Å². The van der Waals surface area contributed by atoms with Gasteiger partial charge in [0.2, 0.25) is 0 Å². The molecule has 0 spiro atoms. The number of hydrogen-bond acceptors (Lipinski definition) is 3. The molecule has 2 aromatic carbocycles. The number of aliphatic hydroxyl groups is 1. The van der Waals surface area contributed by atoms with E-state index in [-0.39, 0.29) is 6.61 Å². The zero-order valence-electron chi connectivity index (χ0n) is 10.6. The van der Waals surface area contributed by atoms with Crippen molar-refractivity contribution in [3.63, 3.8) is 0 Å². The third-order valence-corrected chi connectivity index (χ3v) is 3.31. The molecule has 2 aromatic rings. The average molecular weight is 323 g/mol. The first-order valence-electron chi connectivity index (χ1n) is 5.88. The van der Waals surface area contributed by atoms with Gasteiger partial charge in [-0.05, 0) is 33.6 Å². The SMILES string of the molecule is COc1c(Br)cc(OCc2ccccc2)cc1CO. The van der Waals surface area contributed by atoms with Gasteiger partial charge in [0.1, 0.15) is 18.1 Å². The van der Waals surface area contributed by atoms with Crippen LogP contribution in [-0.2, 0) is 13.2 Å². The first kappa shape index (κ1) is 13.9. The molecule has 0 unspecified atom stereocenters. The van der Waals surface area contributed by atoms with Crippen molar-refractivity contribution in [3.05, 3.63) is 58.1 Å². The zero-order chi connectivity index (χ0) is 13.7. The molecule has 0 aliphatic carbocycles. The first-order chi connectivity index (χ1) is 9.24. The van der Waals surface area contributed by atoms with Crippen molar-refractivity contribution in [3.8, 4) is 11.5 Å². The molecule has 3 nitrogen and oxygen atoms in total. The number of benzene rings is 2. The van der Waals surface area contributed by atoms with Crippen LogP contribution in [0.25, 0.3) is 0 Å². The van der Waals surface area contributed by atoms with E-state index >= 15 is 0 Å². The lowest BCUT2D eigenvalue weighted by Crippen LogP contribution is -1.98. The topological polar surface area (TPSA) is 38.7 Å². The van der Waals surface area contributed by atoms with Gasteiger partial charge < -0.3 is 14.6 Å². The van der Waals surface area contributed by atoms with Crippen molar-refractivity contribution in [1.29, 1.82) is 0 Å². The Labute approximate surface area is 120 Å². The summed E-state index contributed by atoms with van der Waals surface area (Å²) in [5.41, 5.74) is 1.79. The molecule has 19 heavy (non-hydrogen) atoms. The Morgan fingerprint density at radius 2 is 1.89 bits per heavy atom. The van der Waals surface area contributed by atoms with Gasteiger partial charge in [-0.1, -0.05) is 30.3 Å². The number of rotatable bonds is 5. The van der Waals surface area contributed by atoms with Crippen molar-refractivity contribution < 1.29 is 14.6 Å². The molecule has 0 aliphatic rings. The van der Waals surface area contributed by atoms with Crippen LogP contribution >= 0.6 is 15.9 Å². The van der Waals surface area contributed by atoms with Crippen molar-refractivity contribution in [2.45, 2.75) is 13.2 Å². The number of halogens is 1. The quantitative estimate of drug-likeness (QED) is 0.915. The summed E-state index contributed by atoms with van der Waals surface area (Å²) in [4.78, 5) is 0. The smallest absolute Gasteiger partial charge is 0.138 e. The lowest BCUT2D eigenvalue weighted by atomic mass is 10.2. The van der Waals surface area contributed by atoms with Crippen LogP contribution < -0.4 is 9.47 Å². The van der Waals surface area contributed by atoms with E-state index in [0.717, 1.165) is 10.0 Å². The predicted molar refractivity (Wildman–Crippen MR) is 77.4 cm³/mol. The largest absolute Gasteiger partial charge is 0.495 e. The van der Waals surface area contributed by atoms with Crippen LogP contribution in [0.3, 0.4) is 0 Å². The fourth-order valence-electron chi connectivity index (χ4n) is 1.79. The highest BCUT2D eigenvalue weighted by atomic mass is 79.9. The van der Waals surface area contributed by atoms with E-state index in [1.54, 1.807) is 13.2 Å². The lowest BCUT2D eigenvalue weighted by molar-refractivity contribution is 0.269. The summed E-state index contributed by atoms with van der Waals surface area (Å²) >= 11 is 3.41. The third-order valence-electron chi connectivity index (χ3n) is 2.72. The first-order valence-corrected chi connectivity index (χ1v) is 6.68.